The third-order valence-corrected chi connectivity index (χ3v) is 2.62. The van der Waals surface area contributed by atoms with Gasteiger partial charge in [0.15, 0.2) is 0 Å². The van der Waals surface area contributed by atoms with Crippen LogP contribution >= 0.6 is 11.6 Å². The average Bonchev–Trinajstić information content (AvgIpc) is 2.22. The minimum absolute atomic E-state index is 0.116. The molecule has 15 heavy (non-hydrogen) atoms. The molecule has 0 saturated carbocycles. The normalized spacial score (nSPS) is 12.1. The number of rotatable bonds is 4. The van der Waals surface area contributed by atoms with Gasteiger partial charge in [-0.1, -0.05) is 23.7 Å². The molecule has 0 aliphatic carbocycles. The first-order chi connectivity index (χ1) is 7.16. The lowest BCUT2D eigenvalue weighted by Crippen LogP contribution is -2.11. The Balaban J connectivity index is 2.70. The van der Waals surface area contributed by atoms with Gasteiger partial charge in [0.1, 0.15) is 5.82 Å². The van der Waals surface area contributed by atoms with E-state index >= 15 is 0 Å². The van der Waals surface area contributed by atoms with Gasteiger partial charge >= 0.3 is 0 Å². The van der Waals surface area contributed by atoms with E-state index < -0.39 is 5.82 Å². The van der Waals surface area contributed by atoms with Gasteiger partial charge in [-0.3, -0.25) is 0 Å². The molecule has 0 bridgehead atoms. The van der Waals surface area contributed by atoms with E-state index in [2.05, 4.69) is 5.92 Å². The standard InChI is InChI=1S/C12H13ClFN/c1-2-3-4-8-11(15)9-6-5-7-10(14)12(9)13/h1,5-7,11H,3-4,8,15H2. The summed E-state index contributed by atoms with van der Waals surface area (Å²) in [6, 6.07) is 4.42. The first kappa shape index (κ1) is 12.0. The van der Waals surface area contributed by atoms with E-state index in [1.807, 2.05) is 0 Å². The van der Waals surface area contributed by atoms with Gasteiger partial charge in [-0.25, -0.2) is 4.39 Å². The van der Waals surface area contributed by atoms with Crippen LogP contribution in [0.1, 0.15) is 30.9 Å². The molecule has 80 valence electrons. The van der Waals surface area contributed by atoms with E-state index in [0.717, 1.165) is 6.42 Å². The summed E-state index contributed by atoms with van der Waals surface area (Å²) >= 11 is 5.81. The molecule has 2 N–H and O–H groups in total. The maximum Gasteiger partial charge on any atom is 0.142 e. The second-order valence-corrected chi connectivity index (χ2v) is 3.72. The molecule has 0 amide bonds. The molecule has 1 rings (SSSR count). The minimum Gasteiger partial charge on any atom is -0.324 e. The summed E-state index contributed by atoms with van der Waals surface area (Å²) in [6.45, 7) is 0. The van der Waals surface area contributed by atoms with E-state index in [-0.39, 0.29) is 11.1 Å². The summed E-state index contributed by atoms with van der Waals surface area (Å²) in [5.41, 5.74) is 6.53. The number of hydrogen-bond acceptors (Lipinski definition) is 1. The Labute approximate surface area is 94.4 Å². The van der Waals surface area contributed by atoms with Crippen molar-refractivity contribution in [3.05, 3.63) is 34.6 Å². The highest BCUT2D eigenvalue weighted by Crippen LogP contribution is 2.26. The quantitative estimate of drug-likeness (QED) is 0.618. The fourth-order valence-electron chi connectivity index (χ4n) is 1.39. The van der Waals surface area contributed by atoms with Crippen molar-refractivity contribution in [2.24, 2.45) is 5.73 Å². The van der Waals surface area contributed by atoms with Crippen molar-refractivity contribution < 1.29 is 4.39 Å². The van der Waals surface area contributed by atoms with Crippen LogP contribution in [0.4, 0.5) is 4.39 Å². The Kier molecular flexibility index (Phi) is 4.61. The number of terminal acetylenes is 1. The van der Waals surface area contributed by atoms with Crippen molar-refractivity contribution in [2.75, 3.05) is 0 Å². The third-order valence-electron chi connectivity index (χ3n) is 2.22. The van der Waals surface area contributed by atoms with E-state index in [0.29, 0.717) is 18.4 Å². The van der Waals surface area contributed by atoms with Gasteiger partial charge in [-0.15, -0.1) is 12.3 Å². The molecule has 1 atom stereocenters. The number of benzene rings is 1. The van der Waals surface area contributed by atoms with Gasteiger partial charge in [0.2, 0.25) is 0 Å². The first-order valence-electron chi connectivity index (χ1n) is 4.79. The highest BCUT2D eigenvalue weighted by atomic mass is 35.5. The number of hydrogen-bond donors (Lipinski definition) is 1. The van der Waals surface area contributed by atoms with Crippen LogP contribution in [0.5, 0.6) is 0 Å². The van der Waals surface area contributed by atoms with Crippen LogP contribution in [0.15, 0.2) is 18.2 Å². The van der Waals surface area contributed by atoms with Crippen LogP contribution in [0.25, 0.3) is 0 Å². The van der Waals surface area contributed by atoms with Crippen LogP contribution < -0.4 is 5.73 Å². The van der Waals surface area contributed by atoms with Crippen LogP contribution in [0.2, 0.25) is 5.02 Å². The Morgan fingerprint density at radius 2 is 2.27 bits per heavy atom. The lowest BCUT2D eigenvalue weighted by Gasteiger charge is -2.13. The molecule has 0 aliphatic rings. The van der Waals surface area contributed by atoms with E-state index in [9.17, 15) is 4.39 Å². The number of unbranched alkanes of at least 4 members (excludes halogenated alkanes) is 1. The predicted molar refractivity (Wildman–Crippen MR) is 61.0 cm³/mol. The fourth-order valence-corrected chi connectivity index (χ4v) is 1.65. The number of halogens is 2. The van der Waals surface area contributed by atoms with E-state index in [1.165, 1.54) is 6.07 Å². The molecule has 1 unspecified atom stereocenters. The third kappa shape index (κ3) is 3.23. The Hall–Kier alpha value is -1.04. The smallest absolute Gasteiger partial charge is 0.142 e. The van der Waals surface area contributed by atoms with Crippen LogP contribution in [-0.4, -0.2) is 0 Å². The molecular formula is C12H13ClFN. The molecule has 1 aromatic carbocycles. The first-order valence-corrected chi connectivity index (χ1v) is 5.17. The monoisotopic (exact) mass is 225 g/mol. The second-order valence-electron chi connectivity index (χ2n) is 3.35. The summed E-state index contributed by atoms with van der Waals surface area (Å²) in [4.78, 5) is 0. The molecule has 0 radical (unpaired) electrons. The summed E-state index contributed by atoms with van der Waals surface area (Å²) in [7, 11) is 0. The van der Waals surface area contributed by atoms with Gasteiger partial charge < -0.3 is 5.73 Å². The maximum absolute atomic E-state index is 13.1. The van der Waals surface area contributed by atoms with Crippen molar-refractivity contribution in [2.45, 2.75) is 25.3 Å². The zero-order chi connectivity index (χ0) is 11.3. The molecule has 0 aromatic heterocycles. The summed E-state index contributed by atoms with van der Waals surface area (Å²) in [6.07, 6.45) is 7.35. The average molecular weight is 226 g/mol. The van der Waals surface area contributed by atoms with Gasteiger partial charge in [0, 0.05) is 12.5 Å². The molecule has 3 heteroatoms. The van der Waals surface area contributed by atoms with Crippen molar-refractivity contribution >= 4 is 11.6 Å². The Morgan fingerprint density at radius 3 is 2.93 bits per heavy atom. The Morgan fingerprint density at radius 1 is 1.53 bits per heavy atom. The summed E-state index contributed by atoms with van der Waals surface area (Å²) in [5.74, 6) is 2.11. The molecule has 1 nitrogen and oxygen atoms in total. The van der Waals surface area contributed by atoms with Crippen molar-refractivity contribution in [3.8, 4) is 12.3 Å². The van der Waals surface area contributed by atoms with E-state index in [4.69, 9.17) is 23.8 Å². The largest absolute Gasteiger partial charge is 0.324 e. The zero-order valence-corrected chi connectivity index (χ0v) is 9.10. The zero-order valence-electron chi connectivity index (χ0n) is 8.34. The van der Waals surface area contributed by atoms with Crippen molar-refractivity contribution in [1.29, 1.82) is 0 Å². The molecule has 0 heterocycles. The molecule has 1 aromatic rings. The van der Waals surface area contributed by atoms with Gasteiger partial charge in [0.25, 0.3) is 0 Å². The van der Waals surface area contributed by atoms with Crippen LogP contribution in [0.3, 0.4) is 0 Å². The molecule has 0 fully saturated rings. The number of nitrogens with two attached hydrogens (primary N) is 1. The fraction of sp³-hybridized carbons (Fsp3) is 0.333. The lowest BCUT2D eigenvalue weighted by molar-refractivity contribution is 0.599. The highest BCUT2D eigenvalue weighted by molar-refractivity contribution is 6.31. The van der Waals surface area contributed by atoms with Crippen LogP contribution in [-0.2, 0) is 0 Å². The summed E-state index contributed by atoms with van der Waals surface area (Å²) in [5, 5.41) is 0.116. The summed E-state index contributed by atoms with van der Waals surface area (Å²) < 4.78 is 13.1. The molecular weight excluding hydrogens is 213 g/mol. The molecule has 0 spiro atoms. The second kappa shape index (κ2) is 5.75. The van der Waals surface area contributed by atoms with Crippen molar-refractivity contribution in [3.63, 3.8) is 0 Å². The van der Waals surface area contributed by atoms with Gasteiger partial charge in [-0.2, -0.15) is 0 Å². The lowest BCUT2D eigenvalue weighted by atomic mass is 10.0. The highest BCUT2D eigenvalue weighted by Gasteiger charge is 2.12. The van der Waals surface area contributed by atoms with Gasteiger partial charge in [-0.05, 0) is 24.5 Å². The molecule has 0 saturated heterocycles. The van der Waals surface area contributed by atoms with Crippen LogP contribution in [0, 0.1) is 18.2 Å². The Bertz CT molecular complexity index is 370. The maximum atomic E-state index is 13.1. The van der Waals surface area contributed by atoms with Gasteiger partial charge in [0.05, 0.1) is 5.02 Å². The molecule has 0 aliphatic heterocycles. The SMILES string of the molecule is C#CCCCC(N)c1cccc(F)c1Cl. The topological polar surface area (TPSA) is 26.0 Å². The minimum atomic E-state index is -0.429. The van der Waals surface area contributed by atoms with Crippen molar-refractivity contribution in [1.82, 2.24) is 0 Å². The predicted octanol–water partition coefficient (Wildman–Crippen LogP) is 3.28. The van der Waals surface area contributed by atoms with E-state index in [1.54, 1.807) is 12.1 Å².